The molecule has 1 atom stereocenters. The molecule has 0 aromatic carbocycles. The third kappa shape index (κ3) is 3.26. The van der Waals surface area contributed by atoms with E-state index in [9.17, 15) is 8.42 Å². The molecule has 0 spiro atoms. The number of nitrogens with zero attached hydrogens (tertiary/aromatic N) is 3. The van der Waals surface area contributed by atoms with Gasteiger partial charge in [-0.2, -0.15) is 4.31 Å². The summed E-state index contributed by atoms with van der Waals surface area (Å²) in [5.74, 6) is 0. The summed E-state index contributed by atoms with van der Waals surface area (Å²) < 4.78 is 26.3. The van der Waals surface area contributed by atoms with E-state index in [0.29, 0.717) is 6.54 Å². The maximum atomic E-state index is 12.5. The summed E-state index contributed by atoms with van der Waals surface area (Å²) >= 11 is 11.5. The molecule has 0 saturated carbocycles. The molecule has 1 aliphatic heterocycles. The molecular weight excluding hydrogens is 321 g/mol. The van der Waals surface area contributed by atoms with Gasteiger partial charge in [-0.3, -0.25) is 0 Å². The minimum Gasteiger partial charge on any atom is -0.302 e. The van der Waals surface area contributed by atoms with Crippen LogP contribution < -0.4 is 0 Å². The van der Waals surface area contributed by atoms with E-state index in [1.165, 1.54) is 16.6 Å². The van der Waals surface area contributed by atoms with Crippen LogP contribution in [0.3, 0.4) is 0 Å². The van der Waals surface area contributed by atoms with Crippen molar-refractivity contribution in [3.8, 4) is 0 Å². The fraction of sp³-hybridized carbons (Fsp3) is 0.583. The zero-order chi connectivity index (χ0) is 14.9. The second-order valence-corrected chi connectivity index (χ2v) is 7.82. The highest BCUT2D eigenvalue weighted by Crippen LogP contribution is 2.25. The van der Waals surface area contributed by atoms with Gasteiger partial charge < -0.3 is 4.90 Å². The molecule has 2 heterocycles. The van der Waals surface area contributed by atoms with E-state index in [1.807, 2.05) is 7.05 Å². The molecule has 1 unspecified atom stereocenters. The molecule has 1 aliphatic rings. The summed E-state index contributed by atoms with van der Waals surface area (Å²) in [5.41, 5.74) is 0. The van der Waals surface area contributed by atoms with Crippen LogP contribution in [0.4, 0.5) is 0 Å². The Balaban J connectivity index is 2.18. The van der Waals surface area contributed by atoms with Crippen LogP contribution >= 0.6 is 23.2 Å². The van der Waals surface area contributed by atoms with Crippen molar-refractivity contribution in [1.29, 1.82) is 0 Å². The van der Waals surface area contributed by atoms with Gasteiger partial charge in [0.2, 0.25) is 10.0 Å². The average Bonchev–Trinajstić information content (AvgIpc) is 2.78. The van der Waals surface area contributed by atoms with Gasteiger partial charge in [-0.15, -0.1) is 0 Å². The van der Waals surface area contributed by atoms with Crippen molar-refractivity contribution in [2.75, 3.05) is 27.2 Å². The predicted octanol–water partition coefficient (Wildman–Crippen LogP) is 2.10. The summed E-state index contributed by atoms with van der Waals surface area (Å²) in [6, 6.07) is 1.59. The Morgan fingerprint density at radius 1 is 1.50 bits per heavy atom. The molecule has 112 valence electrons. The maximum Gasteiger partial charge on any atom is 0.244 e. The van der Waals surface area contributed by atoms with E-state index in [2.05, 4.69) is 9.88 Å². The fourth-order valence-corrected chi connectivity index (χ4v) is 3.84. The van der Waals surface area contributed by atoms with Gasteiger partial charge in [0.15, 0.2) is 0 Å². The van der Waals surface area contributed by atoms with Gasteiger partial charge in [0.25, 0.3) is 0 Å². The second kappa shape index (κ2) is 6.15. The largest absolute Gasteiger partial charge is 0.302 e. The number of hydrogen-bond donors (Lipinski definition) is 0. The molecular formula is C12H17Cl2N3O2S. The minimum atomic E-state index is -3.59. The monoisotopic (exact) mass is 337 g/mol. The van der Waals surface area contributed by atoms with Crippen molar-refractivity contribution >= 4 is 33.2 Å². The Hall–Kier alpha value is -0.400. The highest BCUT2D eigenvalue weighted by molar-refractivity contribution is 7.89. The van der Waals surface area contributed by atoms with Crippen LogP contribution in [0, 0.1) is 0 Å². The predicted molar refractivity (Wildman–Crippen MR) is 79.7 cm³/mol. The van der Waals surface area contributed by atoms with Crippen LogP contribution in [-0.4, -0.2) is 55.8 Å². The molecule has 0 N–H and O–H groups in total. The first-order chi connectivity index (χ1) is 9.32. The number of rotatable bonds is 4. The smallest absolute Gasteiger partial charge is 0.244 e. The highest BCUT2D eigenvalue weighted by atomic mass is 35.5. The molecule has 0 radical (unpaired) electrons. The normalized spacial score (nSPS) is 20.8. The summed E-state index contributed by atoms with van der Waals surface area (Å²) in [4.78, 5) is 6.04. The molecule has 1 aromatic heterocycles. The number of likely N-dealkylation sites (N-methyl/N-ethyl adjacent to an activating group) is 2. The lowest BCUT2D eigenvalue weighted by Crippen LogP contribution is -2.39. The number of aromatic nitrogens is 1. The van der Waals surface area contributed by atoms with Gasteiger partial charge in [0, 0.05) is 25.8 Å². The van der Waals surface area contributed by atoms with E-state index in [4.69, 9.17) is 23.2 Å². The van der Waals surface area contributed by atoms with E-state index in [1.54, 1.807) is 7.05 Å². The van der Waals surface area contributed by atoms with Gasteiger partial charge in [0.1, 0.15) is 10.0 Å². The van der Waals surface area contributed by atoms with Crippen LogP contribution in [0.2, 0.25) is 10.2 Å². The fourth-order valence-electron chi connectivity index (χ4n) is 2.33. The number of sulfonamides is 1. The lowest BCUT2D eigenvalue weighted by Gasteiger charge is -2.25. The Morgan fingerprint density at radius 2 is 2.20 bits per heavy atom. The third-order valence-corrected chi connectivity index (χ3v) is 6.09. The van der Waals surface area contributed by atoms with Crippen LogP contribution in [0.15, 0.2) is 17.2 Å². The molecule has 1 aromatic rings. The zero-order valence-corrected chi connectivity index (χ0v) is 13.7. The molecule has 0 aliphatic carbocycles. The molecule has 5 nitrogen and oxygen atoms in total. The Labute approximate surface area is 129 Å². The van der Waals surface area contributed by atoms with Crippen molar-refractivity contribution in [2.24, 2.45) is 0 Å². The van der Waals surface area contributed by atoms with E-state index in [0.717, 1.165) is 19.4 Å². The lowest BCUT2D eigenvalue weighted by atomic mass is 10.2. The van der Waals surface area contributed by atoms with Crippen LogP contribution in [0.25, 0.3) is 0 Å². The molecule has 0 bridgehead atoms. The minimum absolute atomic E-state index is 0.0649. The van der Waals surface area contributed by atoms with Gasteiger partial charge in [-0.05, 0) is 32.5 Å². The van der Waals surface area contributed by atoms with Gasteiger partial charge >= 0.3 is 0 Å². The Morgan fingerprint density at radius 3 is 2.75 bits per heavy atom. The first-order valence-electron chi connectivity index (χ1n) is 6.30. The number of likely N-dealkylation sites (tertiary alicyclic amines) is 1. The first-order valence-corrected chi connectivity index (χ1v) is 8.49. The van der Waals surface area contributed by atoms with Crippen LogP contribution in [0.1, 0.15) is 12.8 Å². The standard InChI is InChI=1S/C12H17Cl2N3O2S/c1-16-5-3-4-9(16)8-17(2)20(18,19)10-6-11(13)12(14)15-7-10/h6-7,9H,3-5,8H2,1-2H3. The van der Waals surface area contributed by atoms with Crippen molar-refractivity contribution in [3.63, 3.8) is 0 Å². The molecule has 2 rings (SSSR count). The van der Waals surface area contributed by atoms with Crippen molar-refractivity contribution < 1.29 is 8.42 Å². The van der Waals surface area contributed by atoms with E-state index >= 15 is 0 Å². The number of hydrogen-bond acceptors (Lipinski definition) is 4. The topological polar surface area (TPSA) is 53.5 Å². The SMILES string of the molecule is CN1CCCC1CN(C)S(=O)(=O)c1cnc(Cl)c(Cl)c1. The van der Waals surface area contributed by atoms with Crippen LogP contribution in [0.5, 0.6) is 0 Å². The molecule has 8 heteroatoms. The van der Waals surface area contributed by atoms with E-state index in [-0.39, 0.29) is 21.1 Å². The van der Waals surface area contributed by atoms with Crippen molar-refractivity contribution in [2.45, 2.75) is 23.8 Å². The van der Waals surface area contributed by atoms with E-state index < -0.39 is 10.0 Å². The van der Waals surface area contributed by atoms with Gasteiger partial charge in [-0.25, -0.2) is 13.4 Å². The maximum absolute atomic E-state index is 12.5. The summed E-state index contributed by atoms with van der Waals surface area (Å²) in [6.45, 7) is 1.46. The second-order valence-electron chi connectivity index (χ2n) is 5.01. The average molecular weight is 338 g/mol. The van der Waals surface area contributed by atoms with Gasteiger partial charge in [-0.1, -0.05) is 23.2 Å². The molecule has 0 amide bonds. The summed E-state index contributed by atoms with van der Waals surface area (Å²) in [6.07, 6.45) is 3.35. The lowest BCUT2D eigenvalue weighted by molar-refractivity contribution is 0.271. The van der Waals surface area contributed by atoms with Crippen LogP contribution in [-0.2, 0) is 10.0 Å². The Kier molecular flexibility index (Phi) is 4.92. The third-order valence-electron chi connectivity index (χ3n) is 3.62. The van der Waals surface area contributed by atoms with Crippen molar-refractivity contribution in [3.05, 3.63) is 22.4 Å². The van der Waals surface area contributed by atoms with Crippen molar-refractivity contribution in [1.82, 2.24) is 14.2 Å². The summed E-state index contributed by atoms with van der Waals surface area (Å²) in [5, 5.41) is 0.239. The molecule has 1 fully saturated rings. The molecule has 1 saturated heterocycles. The van der Waals surface area contributed by atoms with Gasteiger partial charge in [0.05, 0.1) is 5.02 Å². The number of halogens is 2. The number of pyridine rings is 1. The molecule has 20 heavy (non-hydrogen) atoms. The quantitative estimate of drug-likeness (QED) is 0.789. The Bertz CT molecular complexity index is 594. The first kappa shape index (κ1) is 16.0. The zero-order valence-electron chi connectivity index (χ0n) is 11.4. The summed E-state index contributed by atoms with van der Waals surface area (Å²) in [7, 11) is -0.00191. The highest BCUT2D eigenvalue weighted by Gasteiger charge is 2.28.